The molecule has 0 amide bonds. The van der Waals surface area contributed by atoms with E-state index in [1.807, 2.05) is 6.07 Å². The highest BCUT2D eigenvalue weighted by atomic mass is 32.2. The minimum atomic E-state index is 0.477. The third-order valence-corrected chi connectivity index (χ3v) is 4.50. The highest BCUT2D eigenvalue weighted by molar-refractivity contribution is 7.99. The standard InChI is InChI=1S/C14H21NOS/c1-3-15-14(12-7-8-17-10-12)11-5-4-6-13(9-11)16-2/h4-6,9,12,14-15H,3,7-8,10H2,1-2H3. The maximum Gasteiger partial charge on any atom is 0.119 e. The van der Waals surface area contributed by atoms with E-state index < -0.39 is 0 Å². The quantitative estimate of drug-likeness (QED) is 0.869. The van der Waals surface area contributed by atoms with Gasteiger partial charge in [0.25, 0.3) is 0 Å². The zero-order valence-corrected chi connectivity index (χ0v) is 11.4. The molecule has 1 aliphatic rings. The predicted molar refractivity (Wildman–Crippen MR) is 74.8 cm³/mol. The summed E-state index contributed by atoms with van der Waals surface area (Å²) in [4.78, 5) is 0. The van der Waals surface area contributed by atoms with Crippen LogP contribution in [0.25, 0.3) is 0 Å². The summed E-state index contributed by atoms with van der Waals surface area (Å²) in [6, 6.07) is 8.94. The van der Waals surface area contributed by atoms with Gasteiger partial charge in [0.15, 0.2) is 0 Å². The lowest BCUT2D eigenvalue weighted by molar-refractivity contribution is 0.392. The fraction of sp³-hybridized carbons (Fsp3) is 0.571. The molecule has 1 heterocycles. The van der Waals surface area contributed by atoms with Crippen LogP contribution in [0.15, 0.2) is 24.3 Å². The van der Waals surface area contributed by atoms with Crippen molar-refractivity contribution >= 4 is 11.8 Å². The van der Waals surface area contributed by atoms with E-state index in [9.17, 15) is 0 Å². The van der Waals surface area contributed by atoms with E-state index in [-0.39, 0.29) is 0 Å². The highest BCUT2D eigenvalue weighted by Gasteiger charge is 2.26. The summed E-state index contributed by atoms with van der Waals surface area (Å²) in [6.45, 7) is 3.19. The molecule has 1 saturated heterocycles. The number of hydrogen-bond donors (Lipinski definition) is 1. The van der Waals surface area contributed by atoms with E-state index >= 15 is 0 Å². The maximum absolute atomic E-state index is 5.31. The van der Waals surface area contributed by atoms with Crippen molar-refractivity contribution < 1.29 is 4.74 Å². The van der Waals surface area contributed by atoms with Gasteiger partial charge in [-0.05, 0) is 48.1 Å². The van der Waals surface area contributed by atoms with Crippen LogP contribution in [0, 0.1) is 5.92 Å². The van der Waals surface area contributed by atoms with Crippen molar-refractivity contribution in [1.29, 1.82) is 0 Å². The molecule has 0 aliphatic carbocycles. The Kier molecular flexibility index (Phi) is 4.75. The van der Waals surface area contributed by atoms with Gasteiger partial charge in [-0.25, -0.2) is 0 Å². The Morgan fingerprint density at radius 3 is 3.06 bits per heavy atom. The van der Waals surface area contributed by atoms with Crippen LogP contribution in [-0.4, -0.2) is 25.2 Å². The van der Waals surface area contributed by atoms with Crippen LogP contribution >= 0.6 is 11.8 Å². The molecule has 94 valence electrons. The molecular formula is C14H21NOS. The fourth-order valence-electron chi connectivity index (χ4n) is 2.43. The largest absolute Gasteiger partial charge is 0.497 e. The Morgan fingerprint density at radius 2 is 2.41 bits per heavy atom. The molecule has 2 atom stereocenters. The second-order valence-corrected chi connectivity index (χ2v) is 5.59. The number of nitrogens with one attached hydrogen (secondary N) is 1. The van der Waals surface area contributed by atoms with Gasteiger partial charge in [-0.1, -0.05) is 19.1 Å². The smallest absolute Gasteiger partial charge is 0.119 e. The topological polar surface area (TPSA) is 21.3 Å². The average Bonchev–Trinajstić information content (AvgIpc) is 2.89. The Morgan fingerprint density at radius 1 is 1.53 bits per heavy atom. The molecule has 1 aromatic carbocycles. The van der Waals surface area contributed by atoms with E-state index in [4.69, 9.17) is 4.74 Å². The molecule has 0 spiro atoms. The van der Waals surface area contributed by atoms with Gasteiger partial charge in [0.1, 0.15) is 5.75 Å². The van der Waals surface area contributed by atoms with Gasteiger partial charge in [-0.15, -0.1) is 0 Å². The minimum Gasteiger partial charge on any atom is -0.497 e. The summed E-state index contributed by atoms with van der Waals surface area (Å²) in [5.74, 6) is 4.29. The van der Waals surface area contributed by atoms with Gasteiger partial charge in [0.05, 0.1) is 7.11 Å². The van der Waals surface area contributed by atoms with E-state index in [2.05, 4.69) is 42.2 Å². The molecule has 2 nitrogen and oxygen atoms in total. The van der Waals surface area contributed by atoms with E-state index in [1.165, 1.54) is 23.5 Å². The van der Waals surface area contributed by atoms with Gasteiger partial charge in [0.2, 0.25) is 0 Å². The average molecular weight is 251 g/mol. The molecule has 1 fully saturated rings. The monoisotopic (exact) mass is 251 g/mol. The number of benzene rings is 1. The van der Waals surface area contributed by atoms with Crippen LogP contribution < -0.4 is 10.1 Å². The molecule has 1 aromatic rings. The Labute approximate surface area is 108 Å². The van der Waals surface area contributed by atoms with Crippen LogP contribution in [0.2, 0.25) is 0 Å². The van der Waals surface area contributed by atoms with Crippen molar-refractivity contribution in [3.05, 3.63) is 29.8 Å². The van der Waals surface area contributed by atoms with Crippen LogP contribution in [-0.2, 0) is 0 Å². The van der Waals surface area contributed by atoms with Crippen molar-refractivity contribution in [2.75, 3.05) is 25.2 Å². The van der Waals surface area contributed by atoms with Gasteiger partial charge in [-0.3, -0.25) is 0 Å². The molecule has 0 radical (unpaired) electrons. The molecule has 1 N–H and O–H groups in total. The molecule has 0 bridgehead atoms. The molecule has 3 heteroatoms. The number of hydrogen-bond acceptors (Lipinski definition) is 3. The third kappa shape index (κ3) is 3.17. The van der Waals surface area contributed by atoms with E-state index in [0.29, 0.717) is 6.04 Å². The van der Waals surface area contributed by atoms with Gasteiger partial charge < -0.3 is 10.1 Å². The fourth-order valence-corrected chi connectivity index (χ4v) is 3.73. The van der Waals surface area contributed by atoms with Crippen molar-refractivity contribution in [3.63, 3.8) is 0 Å². The van der Waals surface area contributed by atoms with Crippen molar-refractivity contribution in [2.24, 2.45) is 5.92 Å². The highest BCUT2D eigenvalue weighted by Crippen LogP contribution is 2.35. The van der Waals surface area contributed by atoms with Crippen molar-refractivity contribution in [2.45, 2.75) is 19.4 Å². The molecular weight excluding hydrogens is 230 g/mol. The van der Waals surface area contributed by atoms with Crippen LogP contribution in [0.1, 0.15) is 24.9 Å². The van der Waals surface area contributed by atoms with E-state index in [0.717, 1.165) is 18.2 Å². The summed E-state index contributed by atoms with van der Waals surface area (Å²) in [7, 11) is 1.73. The third-order valence-electron chi connectivity index (χ3n) is 3.31. The SMILES string of the molecule is CCNC(c1cccc(OC)c1)C1CCSC1. The Bertz CT molecular complexity index is 350. The second-order valence-electron chi connectivity index (χ2n) is 4.44. The second kappa shape index (κ2) is 6.31. The van der Waals surface area contributed by atoms with Crippen molar-refractivity contribution in [3.8, 4) is 5.75 Å². The van der Waals surface area contributed by atoms with Gasteiger partial charge in [0, 0.05) is 6.04 Å². The Hall–Kier alpha value is -0.670. The van der Waals surface area contributed by atoms with Crippen LogP contribution in [0.3, 0.4) is 0 Å². The summed E-state index contributed by atoms with van der Waals surface area (Å²) in [5, 5.41) is 3.62. The van der Waals surface area contributed by atoms with Gasteiger partial charge in [-0.2, -0.15) is 11.8 Å². The predicted octanol–water partition coefficient (Wildman–Crippen LogP) is 3.10. The first-order valence-electron chi connectivity index (χ1n) is 6.30. The van der Waals surface area contributed by atoms with Crippen molar-refractivity contribution in [1.82, 2.24) is 5.32 Å². The summed E-state index contributed by atoms with van der Waals surface area (Å²) >= 11 is 2.07. The number of ether oxygens (including phenoxy) is 1. The van der Waals surface area contributed by atoms with E-state index in [1.54, 1.807) is 7.11 Å². The minimum absolute atomic E-state index is 0.477. The number of thioether (sulfide) groups is 1. The molecule has 1 aliphatic heterocycles. The molecule has 2 rings (SSSR count). The zero-order valence-electron chi connectivity index (χ0n) is 10.6. The lowest BCUT2D eigenvalue weighted by Crippen LogP contribution is -2.28. The molecule has 0 aromatic heterocycles. The Balaban J connectivity index is 2.18. The van der Waals surface area contributed by atoms with Gasteiger partial charge >= 0.3 is 0 Å². The first-order chi connectivity index (χ1) is 8.35. The molecule has 0 saturated carbocycles. The first kappa shape index (κ1) is 12.8. The summed E-state index contributed by atoms with van der Waals surface area (Å²) in [5.41, 5.74) is 1.36. The molecule has 2 unspecified atom stereocenters. The summed E-state index contributed by atoms with van der Waals surface area (Å²) < 4.78 is 5.31. The lowest BCUT2D eigenvalue weighted by atomic mass is 9.92. The summed E-state index contributed by atoms with van der Waals surface area (Å²) in [6.07, 6.45) is 1.32. The lowest BCUT2D eigenvalue weighted by Gasteiger charge is -2.24. The van der Waals surface area contributed by atoms with Crippen LogP contribution in [0.5, 0.6) is 5.75 Å². The number of rotatable bonds is 5. The first-order valence-corrected chi connectivity index (χ1v) is 7.45. The zero-order chi connectivity index (χ0) is 12.1. The van der Waals surface area contributed by atoms with Crippen LogP contribution in [0.4, 0.5) is 0 Å². The molecule has 17 heavy (non-hydrogen) atoms. The number of methoxy groups -OCH3 is 1. The maximum atomic E-state index is 5.31. The normalized spacial score (nSPS) is 21.4.